The molecule has 1 amide bonds. The molecule has 0 unspecified atom stereocenters. The lowest BCUT2D eigenvalue weighted by Gasteiger charge is -2.36. The number of nitrogens with zero attached hydrogens (tertiary/aromatic N) is 2. The summed E-state index contributed by atoms with van der Waals surface area (Å²) in [5.74, 6) is -0.528. The van der Waals surface area contributed by atoms with Crippen molar-refractivity contribution in [3.8, 4) is 0 Å². The third-order valence-corrected chi connectivity index (χ3v) is 5.64. The van der Waals surface area contributed by atoms with E-state index in [9.17, 15) is 4.79 Å². The van der Waals surface area contributed by atoms with Gasteiger partial charge in [-0.1, -0.05) is 36.4 Å². The summed E-state index contributed by atoms with van der Waals surface area (Å²) < 4.78 is 2.40. The molecule has 0 aliphatic carbocycles. The maximum atomic E-state index is 11.2. The van der Waals surface area contributed by atoms with Crippen molar-refractivity contribution in [1.29, 1.82) is 0 Å². The van der Waals surface area contributed by atoms with E-state index in [0.29, 0.717) is 0 Å². The molecule has 0 aromatic heterocycles. The monoisotopic (exact) mass is 369 g/mol. The Morgan fingerprint density at radius 2 is 1.77 bits per heavy atom. The highest BCUT2D eigenvalue weighted by Crippen LogP contribution is 2.29. The van der Waals surface area contributed by atoms with Gasteiger partial charge in [-0.3, -0.25) is 10.0 Å². The van der Waals surface area contributed by atoms with Gasteiger partial charge in [0, 0.05) is 42.8 Å². The summed E-state index contributed by atoms with van der Waals surface area (Å²) in [6, 6.07) is 16.5. The van der Waals surface area contributed by atoms with Gasteiger partial charge in [0.2, 0.25) is 0 Å². The number of para-hydroxylation sites is 1. The van der Waals surface area contributed by atoms with Gasteiger partial charge in [-0.25, -0.2) is 9.79 Å². The lowest BCUT2D eigenvalue weighted by molar-refractivity contribution is -0.124. The minimum Gasteiger partial charge on any atom is -0.368 e. The molecule has 0 bridgehead atoms. The molecule has 2 aromatic rings. The largest absolute Gasteiger partial charge is 0.368 e. The van der Waals surface area contributed by atoms with Crippen LogP contribution in [0.3, 0.4) is 0 Å². The summed E-state index contributed by atoms with van der Waals surface area (Å²) in [6.07, 6.45) is 3.07. The molecule has 1 aliphatic rings. The predicted molar refractivity (Wildman–Crippen MR) is 106 cm³/mol. The minimum absolute atomic E-state index is 0.528. The number of hydrogen-bond acceptors (Lipinski definition) is 5. The van der Waals surface area contributed by atoms with Gasteiger partial charge < -0.3 is 4.90 Å². The molecule has 0 radical (unpaired) electrons. The van der Waals surface area contributed by atoms with Gasteiger partial charge in [0.25, 0.3) is 5.91 Å². The molecule has 0 spiro atoms. The first-order valence-corrected chi connectivity index (χ1v) is 9.39. The Morgan fingerprint density at radius 1 is 1.08 bits per heavy atom. The standard InChI is InChI=1S/C20H23N3O2S/c1-16-6-2-5-9-19(16)26-23-14-12-22(13-15-23)18-8-4-3-7-17(18)10-11-20(24)21-25/h2-11,25H,12-15H2,1H3,(H,21,24)/b11-10+. The van der Waals surface area contributed by atoms with Crippen LogP contribution in [-0.4, -0.2) is 41.6 Å². The molecular formula is C20H23N3O2S. The second-order valence-electron chi connectivity index (χ2n) is 6.14. The van der Waals surface area contributed by atoms with Crippen molar-refractivity contribution in [2.75, 3.05) is 31.1 Å². The Balaban J connectivity index is 1.64. The van der Waals surface area contributed by atoms with Crippen molar-refractivity contribution < 1.29 is 10.0 Å². The van der Waals surface area contributed by atoms with Crippen LogP contribution in [0.15, 0.2) is 59.5 Å². The van der Waals surface area contributed by atoms with Gasteiger partial charge in [0.15, 0.2) is 0 Å². The first-order chi connectivity index (χ1) is 12.7. The SMILES string of the molecule is Cc1ccccc1SN1CCN(c2ccccc2/C=C/C(=O)NO)CC1. The van der Waals surface area contributed by atoms with E-state index in [1.165, 1.54) is 16.5 Å². The zero-order valence-corrected chi connectivity index (χ0v) is 15.6. The second kappa shape index (κ2) is 8.89. The van der Waals surface area contributed by atoms with E-state index in [2.05, 4.69) is 46.5 Å². The lowest BCUT2D eigenvalue weighted by atomic mass is 10.1. The van der Waals surface area contributed by atoms with Crippen LogP contribution in [0, 0.1) is 6.92 Å². The third kappa shape index (κ3) is 4.66. The quantitative estimate of drug-likeness (QED) is 0.366. The number of rotatable bonds is 5. The molecule has 2 aromatic carbocycles. The second-order valence-corrected chi connectivity index (χ2v) is 7.28. The zero-order chi connectivity index (χ0) is 18.4. The van der Waals surface area contributed by atoms with Crippen molar-refractivity contribution in [2.24, 2.45) is 0 Å². The highest BCUT2D eigenvalue weighted by Gasteiger charge is 2.19. The molecule has 1 heterocycles. The first kappa shape index (κ1) is 18.5. The number of hydrogen-bond donors (Lipinski definition) is 2. The number of carbonyl (C=O) groups excluding carboxylic acids is 1. The number of carbonyl (C=O) groups is 1. The van der Waals surface area contributed by atoms with Crippen molar-refractivity contribution >= 4 is 29.6 Å². The Kier molecular flexibility index (Phi) is 6.33. The molecule has 6 heteroatoms. The lowest BCUT2D eigenvalue weighted by Crippen LogP contribution is -2.43. The van der Waals surface area contributed by atoms with Gasteiger partial charge in [0.1, 0.15) is 0 Å². The van der Waals surface area contributed by atoms with E-state index in [4.69, 9.17) is 5.21 Å². The average molecular weight is 369 g/mol. The summed E-state index contributed by atoms with van der Waals surface area (Å²) in [6.45, 7) is 5.93. The fourth-order valence-electron chi connectivity index (χ4n) is 2.94. The molecule has 5 nitrogen and oxygen atoms in total. The average Bonchev–Trinajstić information content (AvgIpc) is 2.69. The highest BCUT2D eigenvalue weighted by molar-refractivity contribution is 7.97. The Hall–Kier alpha value is -2.28. The topological polar surface area (TPSA) is 55.8 Å². The first-order valence-electron chi connectivity index (χ1n) is 8.62. The molecule has 3 rings (SSSR count). The van der Waals surface area contributed by atoms with Crippen molar-refractivity contribution in [1.82, 2.24) is 9.79 Å². The predicted octanol–water partition coefficient (Wildman–Crippen LogP) is 3.34. The molecule has 0 saturated carbocycles. The summed E-state index contributed by atoms with van der Waals surface area (Å²) in [5, 5.41) is 8.63. The van der Waals surface area contributed by atoms with Gasteiger partial charge in [-0.05, 0) is 48.2 Å². The fourth-order valence-corrected chi connectivity index (χ4v) is 3.91. The van der Waals surface area contributed by atoms with E-state index in [1.807, 2.05) is 30.1 Å². The van der Waals surface area contributed by atoms with Crippen LogP contribution >= 0.6 is 11.9 Å². The van der Waals surface area contributed by atoms with Crippen LogP contribution in [0.4, 0.5) is 5.69 Å². The number of aryl methyl sites for hydroxylation is 1. The smallest absolute Gasteiger partial charge is 0.267 e. The van der Waals surface area contributed by atoms with Crippen LogP contribution in [0.1, 0.15) is 11.1 Å². The van der Waals surface area contributed by atoms with Gasteiger partial charge in [-0.15, -0.1) is 0 Å². The number of hydroxylamine groups is 1. The van der Waals surface area contributed by atoms with Crippen molar-refractivity contribution in [3.63, 3.8) is 0 Å². The summed E-state index contributed by atoms with van der Waals surface area (Å²) in [4.78, 5) is 14.9. The van der Waals surface area contributed by atoms with E-state index in [0.717, 1.165) is 37.4 Å². The van der Waals surface area contributed by atoms with Gasteiger partial charge >= 0.3 is 0 Å². The summed E-state index contributed by atoms with van der Waals surface area (Å²) in [5.41, 5.74) is 5.00. The van der Waals surface area contributed by atoms with E-state index < -0.39 is 5.91 Å². The Morgan fingerprint density at radius 3 is 2.50 bits per heavy atom. The van der Waals surface area contributed by atoms with Crippen LogP contribution < -0.4 is 10.4 Å². The van der Waals surface area contributed by atoms with E-state index >= 15 is 0 Å². The third-order valence-electron chi connectivity index (χ3n) is 4.36. The Bertz CT molecular complexity index is 786. The molecule has 0 atom stereocenters. The maximum absolute atomic E-state index is 11.2. The number of benzene rings is 2. The van der Waals surface area contributed by atoms with Crippen LogP contribution in [-0.2, 0) is 4.79 Å². The van der Waals surface area contributed by atoms with Crippen LogP contribution in [0.25, 0.3) is 6.08 Å². The summed E-state index contributed by atoms with van der Waals surface area (Å²) >= 11 is 1.82. The van der Waals surface area contributed by atoms with Crippen LogP contribution in [0.2, 0.25) is 0 Å². The van der Waals surface area contributed by atoms with E-state index in [-0.39, 0.29) is 0 Å². The summed E-state index contributed by atoms with van der Waals surface area (Å²) in [7, 11) is 0. The highest BCUT2D eigenvalue weighted by atomic mass is 32.2. The van der Waals surface area contributed by atoms with Crippen molar-refractivity contribution in [2.45, 2.75) is 11.8 Å². The molecule has 1 fully saturated rings. The number of amides is 1. The fraction of sp³-hybridized carbons (Fsp3) is 0.250. The molecule has 26 heavy (non-hydrogen) atoms. The van der Waals surface area contributed by atoms with Crippen molar-refractivity contribution in [3.05, 3.63) is 65.7 Å². The number of piperazine rings is 1. The molecule has 2 N–H and O–H groups in total. The van der Waals surface area contributed by atoms with Crippen LogP contribution in [0.5, 0.6) is 0 Å². The molecular weight excluding hydrogens is 346 g/mol. The molecule has 1 saturated heterocycles. The molecule has 1 aliphatic heterocycles. The number of nitrogens with one attached hydrogen (secondary N) is 1. The van der Waals surface area contributed by atoms with E-state index in [1.54, 1.807) is 11.6 Å². The number of anilines is 1. The maximum Gasteiger partial charge on any atom is 0.267 e. The van der Waals surface area contributed by atoms with Gasteiger partial charge in [0.05, 0.1) is 0 Å². The normalized spacial score (nSPS) is 15.4. The zero-order valence-electron chi connectivity index (χ0n) is 14.8. The minimum atomic E-state index is -0.528. The molecule has 136 valence electrons. The Labute approximate surface area is 158 Å². The van der Waals surface area contributed by atoms with Gasteiger partial charge in [-0.2, -0.15) is 0 Å².